The van der Waals surface area contributed by atoms with Gasteiger partial charge in [-0.15, -0.1) is 0 Å². The number of rotatable bonds is 8. The first kappa shape index (κ1) is 18.9. The van der Waals surface area contributed by atoms with E-state index in [1.54, 1.807) is 7.05 Å². The highest BCUT2D eigenvalue weighted by Crippen LogP contribution is 2.31. The number of carbonyl (C=O) groups is 3. The highest BCUT2D eigenvalue weighted by molar-refractivity contribution is 6.07. The summed E-state index contributed by atoms with van der Waals surface area (Å²) in [7, 11) is 1.79. The summed E-state index contributed by atoms with van der Waals surface area (Å²) in [4.78, 5) is 39.2. The second-order valence-electron chi connectivity index (χ2n) is 6.43. The van der Waals surface area contributed by atoms with Crippen molar-refractivity contribution in [2.24, 2.45) is 0 Å². The summed E-state index contributed by atoms with van der Waals surface area (Å²) in [5.41, 5.74) is -0.250. The first-order chi connectivity index (χ1) is 11.9. The Morgan fingerprint density at radius 1 is 1.24 bits per heavy atom. The van der Waals surface area contributed by atoms with E-state index in [9.17, 15) is 14.4 Å². The van der Waals surface area contributed by atoms with Crippen molar-refractivity contribution in [1.82, 2.24) is 15.5 Å². The van der Waals surface area contributed by atoms with Crippen molar-refractivity contribution in [3.8, 4) is 0 Å². The molecular weight excluding hydrogens is 320 g/mol. The van der Waals surface area contributed by atoms with E-state index in [0.29, 0.717) is 13.0 Å². The topological polar surface area (TPSA) is 82.9 Å². The molecule has 2 atom stereocenters. The molecule has 1 aliphatic rings. The normalized spacial score (nSPS) is 21.2. The number of quaternary nitrogens is 1. The van der Waals surface area contributed by atoms with E-state index in [4.69, 9.17) is 0 Å². The predicted octanol–water partition coefficient (Wildman–Crippen LogP) is -0.158. The largest absolute Gasteiger partial charge is 0.351 e. The smallest absolute Gasteiger partial charge is 0.329 e. The van der Waals surface area contributed by atoms with E-state index in [1.165, 1.54) is 4.90 Å². The van der Waals surface area contributed by atoms with E-state index in [0.717, 1.165) is 16.9 Å². The molecule has 0 aliphatic carbocycles. The zero-order valence-corrected chi connectivity index (χ0v) is 15.1. The molecule has 25 heavy (non-hydrogen) atoms. The predicted molar refractivity (Wildman–Crippen MR) is 93.7 cm³/mol. The number of hydrogen-bond acceptors (Lipinski definition) is 3. The molecule has 0 aromatic heterocycles. The van der Waals surface area contributed by atoms with Gasteiger partial charge in [0.25, 0.3) is 11.8 Å². The fourth-order valence-corrected chi connectivity index (χ4v) is 3.06. The third-order valence-electron chi connectivity index (χ3n) is 4.44. The molecule has 7 heteroatoms. The Labute approximate surface area is 148 Å². The van der Waals surface area contributed by atoms with Crippen LogP contribution in [0.3, 0.4) is 0 Å². The van der Waals surface area contributed by atoms with Gasteiger partial charge in [0, 0.05) is 6.54 Å². The van der Waals surface area contributed by atoms with Crippen molar-refractivity contribution in [3.05, 3.63) is 35.9 Å². The van der Waals surface area contributed by atoms with Crippen molar-refractivity contribution in [3.63, 3.8) is 0 Å². The highest BCUT2D eigenvalue weighted by Gasteiger charge is 2.52. The van der Waals surface area contributed by atoms with Gasteiger partial charge in [0.1, 0.15) is 5.54 Å². The van der Waals surface area contributed by atoms with Gasteiger partial charge in [-0.25, -0.2) is 9.69 Å². The van der Waals surface area contributed by atoms with Crippen LogP contribution in [-0.2, 0) is 15.1 Å². The third kappa shape index (κ3) is 3.99. The minimum absolute atomic E-state index is 0.0868. The van der Waals surface area contributed by atoms with Crippen LogP contribution in [0.15, 0.2) is 30.3 Å². The van der Waals surface area contributed by atoms with E-state index < -0.39 is 11.6 Å². The maximum Gasteiger partial charge on any atom is 0.329 e. The molecule has 1 aliphatic heterocycles. The molecular formula is C18H27N4O3+. The fraction of sp³-hybridized carbons (Fsp3) is 0.500. The van der Waals surface area contributed by atoms with Crippen LogP contribution in [0.2, 0.25) is 0 Å². The Bertz CT molecular complexity index is 634. The fourth-order valence-electron chi connectivity index (χ4n) is 3.06. The van der Waals surface area contributed by atoms with Crippen LogP contribution < -0.4 is 15.5 Å². The molecule has 4 amide bonds. The van der Waals surface area contributed by atoms with Crippen molar-refractivity contribution < 1.29 is 19.3 Å². The number of hydrogen-bond donors (Lipinski definition) is 3. The minimum atomic E-state index is -1.02. The Morgan fingerprint density at radius 3 is 2.52 bits per heavy atom. The van der Waals surface area contributed by atoms with Crippen molar-refractivity contribution in [2.45, 2.75) is 32.2 Å². The zero-order chi connectivity index (χ0) is 18.4. The summed E-state index contributed by atoms with van der Waals surface area (Å²) in [6.07, 6.45) is 1.34. The zero-order valence-electron chi connectivity index (χ0n) is 15.1. The lowest BCUT2D eigenvalue weighted by molar-refractivity contribution is -0.879. The molecule has 1 unspecified atom stereocenters. The summed E-state index contributed by atoms with van der Waals surface area (Å²) >= 11 is 0. The molecule has 1 saturated heterocycles. The van der Waals surface area contributed by atoms with Gasteiger partial charge >= 0.3 is 6.03 Å². The lowest BCUT2D eigenvalue weighted by Crippen LogP contribution is -3.12. The average molecular weight is 347 g/mol. The van der Waals surface area contributed by atoms with Crippen LogP contribution in [-0.4, -0.2) is 49.6 Å². The third-order valence-corrected chi connectivity index (χ3v) is 4.44. The number of urea groups is 1. The summed E-state index contributed by atoms with van der Waals surface area (Å²) in [6.45, 7) is 4.85. The van der Waals surface area contributed by atoms with E-state index in [2.05, 4.69) is 10.6 Å². The van der Waals surface area contributed by atoms with Crippen LogP contribution in [0.25, 0.3) is 0 Å². The number of imide groups is 1. The van der Waals surface area contributed by atoms with Gasteiger partial charge in [0.05, 0.1) is 7.05 Å². The van der Waals surface area contributed by atoms with Gasteiger partial charge in [-0.2, -0.15) is 0 Å². The lowest BCUT2D eigenvalue weighted by atomic mass is 9.87. The van der Waals surface area contributed by atoms with Crippen molar-refractivity contribution in [2.75, 3.05) is 26.8 Å². The van der Waals surface area contributed by atoms with Gasteiger partial charge in [-0.1, -0.05) is 44.2 Å². The molecule has 0 radical (unpaired) electrons. The van der Waals surface area contributed by atoms with Crippen molar-refractivity contribution in [1.29, 1.82) is 0 Å². The second-order valence-corrected chi connectivity index (χ2v) is 6.43. The highest BCUT2D eigenvalue weighted by atomic mass is 16.2. The van der Waals surface area contributed by atoms with Gasteiger partial charge in [-0.3, -0.25) is 9.59 Å². The molecule has 0 spiro atoms. The van der Waals surface area contributed by atoms with Gasteiger partial charge in [-0.05, 0) is 18.4 Å². The number of nitrogens with zero attached hydrogens (tertiary/aromatic N) is 1. The lowest BCUT2D eigenvalue weighted by Gasteiger charge is -2.26. The Balaban J connectivity index is 2.09. The maximum absolute atomic E-state index is 13.0. The van der Waals surface area contributed by atoms with E-state index >= 15 is 0 Å². The summed E-state index contributed by atoms with van der Waals surface area (Å²) < 4.78 is 0. The molecule has 136 valence electrons. The van der Waals surface area contributed by atoms with Crippen molar-refractivity contribution >= 4 is 17.8 Å². The molecule has 7 nitrogen and oxygen atoms in total. The number of carbonyl (C=O) groups excluding carboxylic acids is 3. The first-order valence-electron chi connectivity index (χ1n) is 8.72. The van der Waals surface area contributed by atoms with Gasteiger partial charge in [0.15, 0.2) is 13.2 Å². The molecule has 3 N–H and O–H groups in total. The molecule has 1 heterocycles. The summed E-state index contributed by atoms with van der Waals surface area (Å²) in [5.74, 6) is -0.351. The second kappa shape index (κ2) is 8.11. The Kier molecular flexibility index (Phi) is 6.14. The molecule has 0 bridgehead atoms. The number of benzene rings is 1. The standard InChI is InChI=1S/C18H26N4O3/c1-4-11-19-15(23)12-21(3)13-22-16(24)18(5-2,20-17(22)25)14-9-7-6-8-10-14/h6-10H,4-5,11-13H2,1-3H3,(H,19,23)(H,20,25)/p+1/t18-/m1/s1. The van der Waals surface area contributed by atoms with Crippen LogP contribution in [0, 0.1) is 0 Å². The van der Waals surface area contributed by atoms with Crippen LogP contribution in [0.5, 0.6) is 0 Å². The van der Waals surface area contributed by atoms with E-state index in [1.807, 2.05) is 44.2 Å². The maximum atomic E-state index is 13.0. The summed E-state index contributed by atoms with van der Waals surface area (Å²) in [6, 6.07) is 8.86. The van der Waals surface area contributed by atoms with Crippen LogP contribution in [0.1, 0.15) is 32.3 Å². The number of nitrogens with one attached hydrogen (secondary N) is 3. The van der Waals surface area contributed by atoms with Gasteiger partial charge < -0.3 is 15.5 Å². The monoisotopic (exact) mass is 347 g/mol. The summed E-state index contributed by atoms with van der Waals surface area (Å²) in [5, 5.41) is 5.65. The quantitative estimate of drug-likeness (QED) is 0.572. The SMILES string of the molecule is CCCNC(=O)C[NH+](C)CN1C(=O)N[C@](CC)(c2ccccc2)C1=O. The number of amides is 4. The van der Waals surface area contributed by atoms with Crippen LogP contribution in [0.4, 0.5) is 4.79 Å². The van der Waals surface area contributed by atoms with Gasteiger partial charge in [0.2, 0.25) is 0 Å². The average Bonchev–Trinajstić information content (AvgIpc) is 2.85. The number of likely N-dealkylation sites (N-methyl/N-ethyl adjacent to an activating group) is 1. The Morgan fingerprint density at radius 2 is 1.92 bits per heavy atom. The molecule has 0 saturated carbocycles. The van der Waals surface area contributed by atoms with E-state index in [-0.39, 0.29) is 25.0 Å². The first-order valence-corrected chi connectivity index (χ1v) is 8.72. The molecule has 2 rings (SSSR count). The molecule has 1 aromatic rings. The van der Waals surface area contributed by atoms with Crippen LogP contribution >= 0.6 is 0 Å². The molecule has 1 fully saturated rings. The minimum Gasteiger partial charge on any atom is -0.351 e. The molecule has 1 aromatic carbocycles. The Hall–Kier alpha value is -2.41.